The first kappa shape index (κ1) is 14.3. The fourth-order valence-electron chi connectivity index (χ4n) is 4.08. The van der Waals surface area contributed by atoms with E-state index in [1.54, 1.807) is 0 Å². The van der Waals surface area contributed by atoms with Crippen molar-refractivity contribution in [3.8, 4) is 0 Å². The first-order valence-corrected chi connectivity index (χ1v) is 7.87. The minimum Gasteiger partial charge on any atom is -0.329 e. The summed E-state index contributed by atoms with van der Waals surface area (Å²) >= 11 is 0. The minimum absolute atomic E-state index is 0.320. The summed E-state index contributed by atoms with van der Waals surface area (Å²) in [6.07, 6.45) is 8.03. The quantitative estimate of drug-likeness (QED) is 0.834. The van der Waals surface area contributed by atoms with Gasteiger partial charge in [-0.15, -0.1) is 0 Å². The van der Waals surface area contributed by atoms with Crippen molar-refractivity contribution in [2.75, 3.05) is 13.1 Å². The van der Waals surface area contributed by atoms with Crippen LogP contribution in [0, 0.1) is 11.3 Å². The van der Waals surface area contributed by atoms with E-state index in [1.165, 1.54) is 45.1 Å². The summed E-state index contributed by atoms with van der Waals surface area (Å²) in [6.45, 7) is 11.7. The third kappa shape index (κ3) is 2.60. The molecule has 2 fully saturated rings. The number of nitrogens with two attached hydrogens (primary N) is 1. The summed E-state index contributed by atoms with van der Waals surface area (Å²) in [6, 6.07) is 0.773. The normalized spacial score (nSPS) is 32.0. The number of nitrogens with zero attached hydrogens (tertiary/aromatic N) is 1. The van der Waals surface area contributed by atoms with E-state index in [0.717, 1.165) is 18.5 Å². The van der Waals surface area contributed by atoms with Crippen LogP contribution < -0.4 is 5.73 Å². The van der Waals surface area contributed by atoms with E-state index in [9.17, 15) is 0 Å². The van der Waals surface area contributed by atoms with E-state index in [2.05, 4.69) is 32.6 Å². The van der Waals surface area contributed by atoms with Gasteiger partial charge in [0.1, 0.15) is 0 Å². The Morgan fingerprint density at radius 3 is 2.28 bits per heavy atom. The predicted octanol–water partition coefficient (Wildman–Crippen LogP) is 3.40. The largest absolute Gasteiger partial charge is 0.329 e. The van der Waals surface area contributed by atoms with Gasteiger partial charge < -0.3 is 5.73 Å². The van der Waals surface area contributed by atoms with Gasteiger partial charge in [-0.05, 0) is 56.4 Å². The summed E-state index contributed by atoms with van der Waals surface area (Å²) in [4.78, 5) is 2.80. The van der Waals surface area contributed by atoms with Crippen LogP contribution >= 0.6 is 0 Å². The molecule has 0 amide bonds. The molecule has 1 heterocycles. The Hall–Kier alpha value is -0.0800. The number of hydrogen-bond donors (Lipinski definition) is 1. The molecular formula is C16H32N2. The van der Waals surface area contributed by atoms with E-state index in [0.29, 0.717) is 11.0 Å². The molecular weight excluding hydrogens is 220 g/mol. The number of rotatable bonds is 3. The van der Waals surface area contributed by atoms with E-state index in [4.69, 9.17) is 5.73 Å². The van der Waals surface area contributed by atoms with Gasteiger partial charge in [0, 0.05) is 18.1 Å². The standard InChI is InChI=1S/C16H32N2/c1-13(2)14-6-5-11-18(14)16(12-17)9-7-15(3,4)8-10-16/h13-14H,5-12,17H2,1-4H3. The zero-order chi connectivity index (χ0) is 13.4. The van der Waals surface area contributed by atoms with E-state index >= 15 is 0 Å². The first-order chi connectivity index (χ1) is 8.40. The van der Waals surface area contributed by atoms with E-state index in [1.807, 2.05) is 0 Å². The van der Waals surface area contributed by atoms with Gasteiger partial charge in [-0.1, -0.05) is 27.7 Å². The molecule has 1 saturated heterocycles. The maximum Gasteiger partial charge on any atom is 0.0335 e. The van der Waals surface area contributed by atoms with Gasteiger partial charge in [-0.3, -0.25) is 4.90 Å². The minimum atomic E-state index is 0.320. The van der Waals surface area contributed by atoms with Gasteiger partial charge in [0.2, 0.25) is 0 Å². The molecule has 2 aliphatic rings. The highest BCUT2D eigenvalue weighted by Crippen LogP contribution is 2.45. The molecule has 1 aliphatic carbocycles. The molecule has 2 rings (SSSR count). The highest BCUT2D eigenvalue weighted by molar-refractivity contribution is 5.02. The van der Waals surface area contributed by atoms with Crippen molar-refractivity contribution in [3.05, 3.63) is 0 Å². The van der Waals surface area contributed by atoms with Crippen molar-refractivity contribution < 1.29 is 0 Å². The van der Waals surface area contributed by atoms with Crippen LogP contribution in [-0.4, -0.2) is 29.6 Å². The molecule has 1 atom stereocenters. The van der Waals surface area contributed by atoms with Crippen LogP contribution in [0.1, 0.15) is 66.2 Å². The molecule has 106 valence electrons. The first-order valence-electron chi connectivity index (χ1n) is 7.87. The third-order valence-corrected chi connectivity index (χ3v) is 5.59. The molecule has 0 bridgehead atoms. The van der Waals surface area contributed by atoms with Crippen LogP contribution in [0.15, 0.2) is 0 Å². The van der Waals surface area contributed by atoms with Gasteiger partial charge in [-0.25, -0.2) is 0 Å². The Kier molecular flexibility index (Phi) is 4.08. The predicted molar refractivity (Wildman–Crippen MR) is 78.6 cm³/mol. The summed E-state index contributed by atoms with van der Waals surface area (Å²) in [5.74, 6) is 0.769. The van der Waals surface area contributed by atoms with Gasteiger partial charge in [0.05, 0.1) is 0 Å². The zero-order valence-electron chi connectivity index (χ0n) is 12.8. The smallest absolute Gasteiger partial charge is 0.0335 e. The summed E-state index contributed by atoms with van der Waals surface area (Å²) in [5.41, 5.74) is 7.08. The lowest BCUT2D eigenvalue weighted by Gasteiger charge is -2.51. The summed E-state index contributed by atoms with van der Waals surface area (Å²) in [5, 5.41) is 0. The molecule has 0 aromatic carbocycles. The third-order valence-electron chi connectivity index (χ3n) is 5.59. The monoisotopic (exact) mass is 252 g/mol. The fourth-order valence-corrected chi connectivity index (χ4v) is 4.08. The van der Waals surface area contributed by atoms with Crippen molar-refractivity contribution in [2.24, 2.45) is 17.1 Å². The molecule has 2 nitrogen and oxygen atoms in total. The van der Waals surface area contributed by atoms with Gasteiger partial charge in [0.25, 0.3) is 0 Å². The Balaban J connectivity index is 2.13. The zero-order valence-corrected chi connectivity index (χ0v) is 12.8. The lowest BCUT2D eigenvalue weighted by molar-refractivity contribution is 0.00238. The Morgan fingerprint density at radius 2 is 1.78 bits per heavy atom. The molecule has 0 aromatic rings. The lowest BCUT2D eigenvalue weighted by atomic mass is 9.68. The molecule has 1 saturated carbocycles. The van der Waals surface area contributed by atoms with Crippen LogP contribution in [0.5, 0.6) is 0 Å². The van der Waals surface area contributed by atoms with Crippen molar-refractivity contribution >= 4 is 0 Å². The molecule has 2 N–H and O–H groups in total. The van der Waals surface area contributed by atoms with E-state index < -0.39 is 0 Å². The molecule has 1 aliphatic heterocycles. The maximum atomic E-state index is 6.23. The van der Waals surface area contributed by atoms with Crippen molar-refractivity contribution in [3.63, 3.8) is 0 Å². The second-order valence-electron chi connectivity index (χ2n) is 7.74. The Labute approximate surface area is 113 Å². The fraction of sp³-hybridized carbons (Fsp3) is 1.00. The van der Waals surface area contributed by atoms with Crippen LogP contribution in [-0.2, 0) is 0 Å². The number of hydrogen-bond acceptors (Lipinski definition) is 2. The van der Waals surface area contributed by atoms with Crippen LogP contribution in [0.4, 0.5) is 0 Å². The van der Waals surface area contributed by atoms with Crippen molar-refractivity contribution in [1.82, 2.24) is 4.90 Å². The molecule has 0 spiro atoms. The molecule has 18 heavy (non-hydrogen) atoms. The molecule has 1 unspecified atom stereocenters. The van der Waals surface area contributed by atoms with Crippen LogP contribution in [0.3, 0.4) is 0 Å². The molecule has 0 aromatic heterocycles. The lowest BCUT2D eigenvalue weighted by Crippen LogP contribution is -2.58. The topological polar surface area (TPSA) is 29.3 Å². The van der Waals surface area contributed by atoms with Crippen LogP contribution in [0.2, 0.25) is 0 Å². The average molecular weight is 252 g/mol. The summed E-state index contributed by atoms with van der Waals surface area (Å²) < 4.78 is 0. The van der Waals surface area contributed by atoms with Gasteiger partial charge in [0.15, 0.2) is 0 Å². The highest BCUT2D eigenvalue weighted by atomic mass is 15.3. The Morgan fingerprint density at radius 1 is 1.17 bits per heavy atom. The second kappa shape index (κ2) is 5.13. The molecule has 2 heteroatoms. The van der Waals surface area contributed by atoms with Crippen molar-refractivity contribution in [1.29, 1.82) is 0 Å². The van der Waals surface area contributed by atoms with Gasteiger partial charge in [-0.2, -0.15) is 0 Å². The van der Waals surface area contributed by atoms with Gasteiger partial charge >= 0.3 is 0 Å². The second-order valence-corrected chi connectivity index (χ2v) is 7.74. The highest BCUT2D eigenvalue weighted by Gasteiger charge is 2.45. The SMILES string of the molecule is CC(C)C1CCCN1C1(CN)CCC(C)(C)CC1. The van der Waals surface area contributed by atoms with Crippen LogP contribution in [0.25, 0.3) is 0 Å². The number of likely N-dealkylation sites (tertiary alicyclic amines) is 1. The van der Waals surface area contributed by atoms with E-state index in [-0.39, 0.29) is 0 Å². The maximum absolute atomic E-state index is 6.23. The molecule has 0 radical (unpaired) electrons. The summed E-state index contributed by atoms with van der Waals surface area (Å²) in [7, 11) is 0. The van der Waals surface area contributed by atoms with Crippen molar-refractivity contribution in [2.45, 2.75) is 77.8 Å². The Bertz CT molecular complexity index is 273. The average Bonchev–Trinajstić information content (AvgIpc) is 2.79.